The molecule has 0 unspecified atom stereocenters. The number of nitrogens with one attached hydrogen (secondary N) is 2. The van der Waals surface area contributed by atoms with Crippen LogP contribution in [0, 0.1) is 12.8 Å². The van der Waals surface area contributed by atoms with Crippen molar-refractivity contribution in [2.45, 2.75) is 26.2 Å². The minimum atomic E-state index is -0.163. The third-order valence-electron chi connectivity index (χ3n) is 4.10. The van der Waals surface area contributed by atoms with Gasteiger partial charge in [-0.05, 0) is 31.4 Å². The lowest BCUT2D eigenvalue weighted by atomic mass is 9.89. The standard InChI is InChI=1S/C17H20N4O2/c1-11-9-15(21(2)20-11)19-16(22)8-7-13-10-12-5-3-4-6-14(12)18-17(13)23/h3-6,9,13H,7-8,10H2,1-2H3,(H,18,23)(H,19,22)/t13-/m1/s1. The summed E-state index contributed by atoms with van der Waals surface area (Å²) in [4.78, 5) is 24.2. The number of hydrogen-bond donors (Lipinski definition) is 2. The van der Waals surface area contributed by atoms with Gasteiger partial charge >= 0.3 is 0 Å². The molecule has 0 radical (unpaired) electrons. The Morgan fingerprint density at radius 3 is 2.96 bits per heavy atom. The molecule has 0 bridgehead atoms. The second-order valence-corrected chi connectivity index (χ2v) is 5.93. The average molecular weight is 312 g/mol. The van der Waals surface area contributed by atoms with Crippen molar-refractivity contribution >= 4 is 23.3 Å². The van der Waals surface area contributed by atoms with E-state index < -0.39 is 0 Å². The molecule has 6 heteroatoms. The Bertz CT molecular complexity index is 751. The van der Waals surface area contributed by atoms with E-state index in [0.717, 1.165) is 16.9 Å². The molecule has 2 N–H and O–H groups in total. The zero-order valence-corrected chi connectivity index (χ0v) is 13.3. The van der Waals surface area contributed by atoms with E-state index in [1.807, 2.05) is 37.3 Å². The summed E-state index contributed by atoms with van der Waals surface area (Å²) in [6, 6.07) is 9.61. The molecule has 0 saturated heterocycles. The minimum absolute atomic E-state index is 0.00659. The highest BCUT2D eigenvalue weighted by molar-refractivity contribution is 5.96. The molecule has 3 rings (SSSR count). The second-order valence-electron chi connectivity index (χ2n) is 5.93. The fraction of sp³-hybridized carbons (Fsp3) is 0.353. The van der Waals surface area contributed by atoms with Crippen LogP contribution in [-0.4, -0.2) is 21.6 Å². The van der Waals surface area contributed by atoms with Gasteiger partial charge in [-0.1, -0.05) is 18.2 Å². The Kier molecular flexibility index (Phi) is 4.14. The highest BCUT2D eigenvalue weighted by Crippen LogP contribution is 2.27. The number of hydrogen-bond acceptors (Lipinski definition) is 3. The van der Waals surface area contributed by atoms with Crippen LogP contribution in [0.15, 0.2) is 30.3 Å². The lowest BCUT2D eigenvalue weighted by Gasteiger charge is -2.24. The van der Waals surface area contributed by atoms with Gasteiger partial charge in [0.15, 0.2) is 0 Å². The molecule has 0 spiro atoms. The summed E-state index contributed by atoms with van der Waals surface area (Å²) in [6.07, 6.45) is 1.52. The molecule has 1 atom stereocenters. The number of rotatable bonds is 4. The highest BCUT2D eigenvalue weighted by atomic mass is 16.2. The van der Waals surface area contributed by atoms with Gasteiger partial charge in [-0.25, -0.2) is 0 Å². The maximum Gasteiger partial charge on any atom is 0.227 e. The number of aryl methyl sites for hydroxylation is 2. The fourth-order valence-electron chi connectivity index (χ4n) is 2.88. The third-order valence-corrected chi connectivity index (χ3v) is 4.10. The van der Waals surface area contributed by atoms with E-state index in [9.17, 15) is 9.59 Å². The van der Waals surface area contributed by atoms with Crippen LogP contribution in [0.5, 0.6) is 0 Å². The first-order valence-electron chi connectivity index (χ1n) is 7.72. The fourth-order valence-corrected chi connectivity index (χ4v) is 2.88. The Morgan fingerprint density at radius 2 is 2.22 bits per heavy atom. The Hall–Kier alpha value is -2.63. The van der Waals surface area contributed by atoms with Crippen molar-refractivity contribution in [3.8, 4) is 0 Å². The summed E-state index contributed by atoms with van der Waals surface area (Å²) in [6.45, 7) is 1.87. The smallest absolute Gasteiger partial charge is 0.227 e. The zero-order valence-electron chi connectivity index (χ0n) is 13.3. The molecule has 0 saturated carbocycles. The first-order chi connectivity index (χ1) is 11.0. The monoisotopic (exact) mass is 312 g/mol. The molecule has 0 fully saturated rings. The van der Waals surface area contributed by atoms with E-state index in [4.69, 9.17) is 0 Å². The summed E-state index contributed by atoms with van der Waals surface area (Å²) >= 11 is 0. The molecule has 1 aliphatic heterocycles. The van der Waals surface area contributed by atoms with Crippen molar-refractivity contribution < 1.29 is 9.59 Å². The van der Waals surface area contributed by atoms with E-state index >= 15 is 0 Å². The predicted molar refractivity (Wildman–Crippen MR) is 88.1 cm³/mol. The molecule has 23 heavy (non-hydrogen) atoms. The van der Waals surface area contributed by atoms with Crippen LogP contribution in [0.1, 0.15) is 24.1 Å². The summed E-state index contributed by atoms with van der Waals surface area (Å²) in [5.74, 6) is 0.405. The minimum Gasteiger partial charge on any atom is -0.326 e. The van der Waals surface area contributed by atoms with Gasteiger partial charge in [-0.3, -0.25) is 14.3 Å². The lowest BCUT2D eigenvalue weighted by molar-refractivity contribution is -0.121. The van der Waals surface area contributed by atoms with Crippen LogP contribution < -0.4 is 10.6 Å². The average Bonchev–Trinajstić information content (AvgIpc) is 2.82. The summed E-state index contributed by atoms with van der Waals surface area (Å²) in [7, 11) is 1.79. The molecule has 2 amide bonds. The van der Waals surface area contributed by atoms with Gasteiger partial charge in [-0.2, -0.15) is 5.10 Å². The normalized spacial score (nSPS) is 16.6. The molecular formula is C17H20N4O2. The first-order valence-corrected chi connectivity index (χ1v) is 7.72. The van der Waals surface area contributed by atoms with Crippen LogP contribution in [-0.2, 0) is 23.1 Å². The molecule has 1 aliphatic rings. The van der Waals surface area contributed by atoms with E-state index in [1.54, 1.807) is 11.7 Å². The Labute approximate surface area is 134 Å². The Morgan fingerprint density at radius 1 is 1.43 bits per heavy atom. The van der Waals surface area contributed by atoms with Crippen molar-refractivity contribution in [2.24, 2.45) is 13.0 Å². The molecule has 6 nitrogen and oxygen atoms in total. The van der Waals surface area contributed by atoms with Crippen LogP contribution >= 0.6 is 0 Å². The van der Waals surface area contributed by atoms with Gasteiger partial charge in [0, 0.05) is 31.1 Å². The van der Waals surface area contributed by atoms with E-state index in [0.29, 0.717) is 25.1 Å². The van der Waals surface area contributed by atoms with E-state index in [-0.39, 0.29) is 17.7 Å². The molecule has 120 valence electrons. The van der Waals surface area contributed by atoms with Crippen molar-refractivity contribution in [3.05, 3.63) is 41.6 Å². The summed E-state index contributed by atoms with van der Waals surface area (Å²) in [5, 5.41) is 9.93. The maximum absolute atomic E-state index is 12.1. The number of para-hydroxylation sites is 1. The van der Waals surface area contributed by atoms with Gasteiger partial charge in [-0.15, -0.1) is 0 Å². The lowest BCUT2D eigenvalue weighted by Crippen LogP contribution is -2.30. The number of nitrogens with zero attached hydrogens (tertiary/aromatic N) is 2. The third kappa shape index (κ3) is 3.41. The first kappa shape index (κ1) is 15.3. The number of fused-ring (bicyclic) bond motifs is 1. The Balaban J connectivity index is 1.57. The number of amides is 2. The van der Waals surface area contributed by atoms with Gasteiger partial charge in [0.1, 0.15) is 5.82 Å². The van der Waals surface area contributed by atoms with Gasteiger partial charge in [0.25, 0.3) is 0 Å². The molecular weight excluding hydrogens is 292 g/mol. The van der Waals surface area contributed by atoms with E-state index in [2.05, 4.69) is 15.7 Å². The molecule has 2 aromatic rings. The summed E-state index contributed by atoms with van der Waals surface area (Å²) in [5.41, 5.74) is 2.86. The largest absolute Gasteiger partial charge is 0.326 e. The number of carbonyl (C=O) groups is 2. The predicted octanol–water partition coefficient (Wildman–Crippen LogP) is 2.26. The van der Waals surface area contributed by atoms with E-state index in [1.165, 1.54) is 0 Å². The highest BCUT2D eigenvalue weighted by Gasteiger charge is 2.26. The van der Waals surface area contributed by atoms with Crippen LogP contribution in [0.2, 0.25) is 0 Å². The van der Waals surface area contributed by atoms with Crippen molar-refractivity contribution in [1.29, 1.82) is 0 Å². The number of carbonyl (C=O) groups excluding carboxylic acids is 2. The summed E-state index contributed by atoms with van der Waals surface area (Å²) < 4.78 is 1.64. The van der Waals surface area contributed by atoms with Crippen LogP contribution in [0.25, 0.3) is 0 Å². The van der Waals surface area contributed by atoms with Gasteiger partial charge < -0.3 is 10.6 Å². The van der Waals surface area contributed by atoms with Gasteiger partial charge in [0.2, 0.25) is 11.8 Å². The number of aromatic nitrogens is 2. The number of anilines is 2. The second kappa shape index (κ2) is 6.24. The van der Waals surface area contributed by atoms with Crippen molar-refractivity contribution in [1.82, 2.24) is 9.78 Å². The zero-order chi connectivity index (χ0) is 16.4. The van der Waals surface area contributed by atoms with Crippen molar-refractivity contribution in [3.63, 3.8) is 0 Å². The van der Waals surface area contributed by atoms with Crippen LogP contribution in [0.3, 0.4) is 0 Å². The van der Waals surface area contributed by atoms with Crippen LogP contribution in [0.4, 0.5) is 11.5 Å². The molecule has 2 heterocycles. The number of benzene rings is 1. The SMILES string of the molecule is Cc1cc(NC(=O)CC[C@@H]2Cc3ccccc3NC2=O)n(C)n1. The van der Waals surface area contributed by atoms with Gasteiger partial charge in [0.05, 0.1) is 5.69 Å². The molecule has 0 aliphatic carbocycles. The quantitative estimate of drug-likeness (QED) is 0.909. The maximum atomic E-state index is 12.1. The molecule has 1 aromatic heterocycles. The molecule has 1 aromatic carbocycles. The van der Waals surface area contributed by atoms with Crippen molar-refractivity contribution in [2.75, 3.05) is 10.6 Å². The topological polar surface area (TPSA) is 76.0 Å².